The molecule has 1 aliphatic rings. The summed E-state index contributed by atoms with van der Waals surface area (Å²) in [6.07, 6.45) is 1.59. The molecule has 0 spiro atoms. The van der Waals surface area contributed by atoms with E-state index >= 15 is 0 Å². The van der Waals surface area contributed by atoms with Gasteiger partial charge in [0.1, 0.15) is 0 Å². The molecule has 0 aromatic heterocycles. The first-order chi connectivity index (χ1) is 13.0. The lowest BCUT2D eigenvalue weighted by Gasteiger charge is -2.26. The first kappa shape index (κ1) is 21.1. The van der Waals surface area contributed by atoms with Gasteiger partial charge >= 0.3 is 0 Å². The van der Waals surface area contributed by atoms with Gasteiger partial charge in [0.2, 0.25) is 11.8 Å². The lowest BCUT2D eigenvalue weighted by Crippen LogP contribution is -2.43. The summed E-state index contributed by atoms with van der Waals surface area (Å²) in [6.45, 7) is 10.8. The molecular formula is C21H31N3O3. The number of allylic oxidation sites excluding steroid dienone is 1. The van der Waals surface area contributed by atoms with E-state index in [1.54, 1.807) is 6.08 Å². The maximum atomic E-state index is 12.2. The van der Waals surface area contributed by atoms with Gasteiger partial charge in [-0.05, 0) is 24.0 Å². The highest BCUT2D eigenvalue weighted by Gasteiger charge is 2.12. The van der Waals surface area contributed by atoms with E-state index in [-0.39, 0.29) is 24.3 Å². The Morgan fingerprint density at radius 2 is 1.81 bits per heavy atom. The molecule has 27 heavy (non-hydrogen) atoms. The minimum atomic E-state index is -0.248. The second-order valence-corrected chi connectivity index (χ2v) is 7.14. The number of amides is 2. The van der Waals surface area contributed by atoms with Crippen LogP contribution in [0, 0.1) is 12.8 Å². The van der Waals surface area contributed by atoms with Gasteiger partial charge in [-0.1, -0.05) is 43.7 Å². The molecule has 1 heterocycles. The van der Waals surface area contributed by atoms with E-state index in [9.17, 15) is 9.59 Å². The summed E-state index contributed by atoms with van der Waals surface area (Å²) in [5.41, 5.74) is 3.17. The van der Waals surface area contributed by atoms with Crippen LogP contribution in [0.1, 0.15) is 25.0 Å². The lowest BCUT2D eigenvalue weighted by molar-refractivity contribution is -0.124. The van der Waals surface area contributed by atoms with Crippen molar-refractivity contribution in [3.63, 3.8) is 0 Å². The van der Waals surface area contributed by atoms with Gasteiger partial charge in [0, 0.05) is 32.3 Å². The van der Waals surface area contributed by atoms with Crippen molar-refractivity contribution in [1.82, 2.24) is 15.5 Å². The summed E-state index contributed by atoms with van der Waals surface area (Å²) in [7, 11) is 0. The highest BCUT2D eigenvalue weighted by atomic mass is 16.5. The van der Waals surface area contributed by atoms with Crippen molar-refractivity contribution in [2.75, 3.05) is 45.9 Å². The van der Waals surface area contributed by atoms with Crippen molar-refractivity contribution in [3.05, 3.63) is 41.5 Å². The molecule has 0 radical (unpaired) electrons. The molecule has 6 heteroatoms. The van der Waals surface area contributed by atoms with Crippen LogP contribution in [0.25, 0.3) is 5.57 Å². The topological polar surface area (TPSA) is 70.7 Å². The van der Waals surface area contributed by atoms with Crippen LogP contribution in [0.2, 0.25) is 0 Å². The number of rotatable bonds is 8. The Balaban J connectivity index is 1.77. The maximum absolute atomic E-state index is 12.2. The maximum Gasteiger partial charge on any atom is 0.244 e. The molecule has 1 aromatic rings. The molecule has 2 amide bonds. The Morgan fingerprint density at radius 3 is 2.44 bits per heavy atom. The van der Waals surface area contributed by atoms with Gasteiger partial charge in [-0.3, -0.25) is 14.5 Å². The number of benzene rings is 1. The van der Waals surface area contributed by atoms with Gasteiger partial charge in [0.25, 0.3) is 0 Å². The van der Waals surface area contributed by atoms with E-state index in [1.165, 1.54) is 5.56 Å². The average Bonchev–Trinajstić information content (AvgIpc) is 2.66. The summed E-state index contributed by atoms with van der Waals surface area (Å²) >= 11 is 0. The Morgan fingerprint density at radius 1 is 1.15 bits per heavy atom. The number of carbonyl (C=O) groups is 2. The third-order valence-corrected chi connectivity index (χ3v) is 4.57. The van der Waals surface area contributed by atoms with Crippen molar-refractivity contribution in [1.29, 1.82) is 0 Å². The number of hydrogen-bond acceptors (Lipinski definition) is 4. The van der Waals surface area contributed by atoms with Crippen LogP contribution in [-0.4, -0.2) is 62.7 Å². The fraction of sp³-hybridized carbons (Fsp3) is 0.524. The van der Waals surface area contributed by atoms with Crippen molar-refractivity contribution in [2.45, 2.75) is 20.8 Å². The van der Waals surface area contributed by atoms with E-state index in [1.807, 2.05) is 31.2 Å². The molecule has 1 saturated heterocycles. The molecule has 2 rings (SSSR count). The molecule has 0 saturated carbocycles. The number of hydrogen-bond donors (Lipinski definition) is 2. The number of aryl methyl sites for hydroxylation is 1. The van der Waals surface area contributed by atoms with E-state index in [2.05, 4.69) is 29.4 Å². The Hall–Kier alpha value is -2.18. The van der Waals surface area contributed by atoms with Crippen LogP contribution in [0.5, 0.6) is 0 Å². The van der Waals surface area contributed by atoms with Crippen molar-refractivity contribution in [3.8, 4) is 0 Å². The highest BCUT2D eigenvalue weighted by Crippen LogP contribution is 2.23. The average molecular weight is 373 g/mol. The Labute approximate surface area is 162 Å². The second-order valence-electron chi connectivity index (χ2n) is 7.14. The molecule has 1 fully saturated rings. The predicted octanol–water partition coefficient (Wildman–Crippen LogP) is 1.60. The molecule has 2 N–H and O–H groups in total. The van der Waals surface area contributed by atoms with Crippen LogP contribution in [-0.2, 0) is 14.3 Å². The highest BCUT2D eigenvalue weighted by molar-refractivity contribution is 5.97. The van der Waals surface area contributed by atoms with Crippen LogP contribution in [0.3, 0.4) is 0 Å². The molecule has 6 nitrogen and oxygen atoms in total. The van der Waals surface area contributed by atoms with E-state index in [4.69, 9.17) is 4.74 Å². The number of carbonyl (C=O) groups excluding carboxylic acids is 2. The van der Waals surface area contributed by atoms with Gasteiger partial charge in [-0.25, -0.2) is 0 Å². The molecule has 0 aliphatic carbocycles. The van der Waals surface area contributed by atoms with Gasteiger partial charge < -0.3 is 15.4 Å². The van der Waals surface area contributed by atoms with Crippen molar-refractivity contribution in [2.24, 2.45) is 5.92 Å². The smallest absolute Gasteiger partial charge is 0.244 e. The largest absolute Gasteiger partial charge is 0.379 e. The number of ether oxygens (including phenoxy) is 1. The quantitative estimate of drug-likeness (QED) is 0.679. The zero-order valence-electron chi connectivity index (χ0n) is 16.6. The molecule has 148 valence electrons. The predicted molar refractivity (Wildman–Crippen MR) is 107 cm³/mol. The van der Waals surface area contributed by atoms with Gasteiger partial charge in [-0.2, -0.15) is 0 Å². The third kappa shape index (κ3) is 7.53. The molecule has 0 atom stereocenters. The van der Waals surface area contributed by atoms with Crippen LogP contribution in [0.4, 0.5) is 0 Å². The minimum Gasteiger partial charge on any atom is -0.379 e. The summed E-state index contributed by atoms with van der Waals surface area (Å²) in [4.78, 5) is 26.4. The first-order valence-electron chi connectivity index (χ1n) is 9.59. The monoisotopic (exact) mass is 373 g/mol. The number of nitrogens with zero attached hydrogens (tertiary/aromatic N) is 1. The lowest BCUT2D eigenvalue weighted by atomic mass is 9.94. The van der Waals surface area contributed by atoms with Gasteiger partial charge in [0.15, 0.2) is 0 Å². The Kier molecular flexibility index (Phi) is 8.48. The molecule has 1 aromatic carbocycles. The van der Waals surface area contributed by atoms with E-state index < -0.39 is 0 Å². The fourth-order valence-corrected chi connectivity index (χ4v) is 2.93. The summed E-state index contributed by atoms with van der Waals surface area (Å²) < 4.78 is 5.30. The van der Waals surface area contributed by atoms with Crippen LogP contribution in [0.15, 0.2) is 30.3 Å². The number of morpholine rings is 1. The van der Waals surface area contributed by atoms with E-state index in [0.717, 1.165) is 44.0 Å². The minimum absolute atomic E-state index is 0.0162. The van der Waals surface area contributed by atoms with Crippen LogP contribution < -0.4 is 10.6 Å². The fourth-order valence-electron chi connectivity index (χ4n) is 2.93. The molecule has 0 bridgehead atoms. The molecule has 0 unspecified atom stereocenters. The second kappa shape index (κ2) is 10.8. The summed E-state index contributed by atoms with van der Waals surface area (Å²) in [6, 6.07) is 8.11. The molecular weight excluding hydrogens is 342 g/mol. The van der Waals surface area contributed by atoms with Gasteiger partial charge in [0.05, 0.1) is 19.8 Å². The van der Waals surface area contributed by atoms with Crippen molar-refractivity contribution < 1.29 is 14.3 Å². The summed E-state index contributed by atoms with van der Waals surface area (Å²) in [5.74, 6) is -0.213. The van der Waals surface area contributed by atoms with Gasteiger partial charge in [-0.15, -0.1) is 0 Å². The van der Waals surface area contributed by atoms with Crippen LogP contribution >= 0.6 is 0 Å². The third-order valence-electron chi connectivity index (χ3n) is 4.57. The Bertz CT molecular complexity index is 647. The van der Waals surface area contributed by atoms with E-state index in [0.29, 0.717) is 6.54 Å². The first-order valence-corrected chi connectivity index (χ1v) is 9.59. The standard InChI is InChI=1S/C21H31N3O3/c1-16(2)19(18-6-4-17(3)5-7-18)14-20(25)23-15-21(26)22-8-9-24-10-12-27-13-11-24/h4-7,14,16H,8-13,15H2,1-3H3,(H,22,26)(H,23,25)/b19-14+. The molecule has 1 aliphatic heterocycles. The summed E-state index contributed by atoms with van der Waals surface area (Å²) in [5, 5.41) is 5.52. The van der Waals surface area contributed by atoms with Crippen molar-refractivity contribution >= 4 is 17.4 Å². The number of nitrogens with one attached hydrogen (secondary N) is 2. The SMILES string of the molecule is Cc1ccc(/C(=C/C(=O)NCC(=O)NCCN2CCOCC2)C(C)C)cc1. The normalized spacial score (nSPS) is 15.6. The zero-order valence-corrected chi connectivity index (χ0v) is 16.6. The zero-order chi connectivity index (χ0) is 19.6.